The molecule has 0 saturated carbocycles. The van der Waals surface area contributed by atoms with E-state index in [1.165, 1.54) is 4.88 Å². The standard InChI is InChI=1S/C18H33N5O2S/c1-8-13-9-20-15(26-13)11-22-16(19-7)21-10-14(12(2)3)23-17(24)25-18(4,5)6/h9,12,14H,8,10-11H2,1-7H3,(H,23,24)(H2,19,21,22). The number of ether oxygens (including phenoxy) is 1. The van der Waals surface area contributed by atoms with Crippen LogP contribution >= 0.6 is 11.3 Å². The number of hydrogen-bond donors (Lipinski definition) is 3. The van der Waals surface area contributed by atoms with E-state index in [0.717, 1.165) is 11.4 Å². The molecule has 0 aliphatic heterocycles. The molecule has 1 aromatic heterocycles. The van der Waals surface area contributed by atoms with Crippen LogP contribution in [0.4, 0.5) is 4.79 Å². The van der Waals surface area contributed by atoms with Crippen molar-refractivity contribution in [1.82, 2.24) is 20.9 Å². The van der Waals surface area contributed by atoms with Gasteiger partial charge < -0.3 is 20.7 Å². The van der Waals surface area contributed by atoms with Crippen LogP contribution in [0.5, 0.6) is 0 Å². The van der Waals surface area contributed by atoms with E-state index >= 15 is 0 Å². The number of aryl methyl sites for hydroxylation is 1. The van der Waals surface area contributed by atoms with Gasteiger partial charge >= 0.3 is 6.09 Å². The Labute approximate surface area is 161 Å². The first-order valence-electron chi connectivity index (χ1n) is 9.02. The van der Waals surface area contributed by atoms with E-state index in [9.17, 15) is 4.79 Å². The number of rotatable bonds is 7. The average Bonchev–Trinajstić information content (AvgIpc) is 2.99. The maximum absolute atomic E-state index is 12.0. The molecule has 0 aromatic carbocycles. The number of carbonyl (C=O) groups excluding carboxylic acids is 1. The SMILES string of the molecule is CCc1cnc(CNC(=NC)NCC(NC(=O)OC(C)(C)C)C(C)C)s1. The summed E-state index contributed by atoms with van der Waals surface area (Å²) in [6, 6.07) is -0.0741. The van der Waals surface area contributed by atoms with Gasteiger partial charge in [-0.05, 0) is 33.1 Å². The van der Waals surface area contributed by atoms with Crippen molar-refractivity contribution in [2.24, 2.45) is 10.9 Å². The summed E-state index contributed by atoms with van der Waals surface area (Å²) in [7, 11) is 1.72. The summed E-state index contributed by atoms with van der Waals surface area (Å²) in [5.74, 6) is 0.925. The summed E-state index contributed by atoms with van der Waals surface area (Å²) >= 11 is 1.70. The third-order valence-electron chi connectivity index (χ3n) is 3.58. The molecule has 0 aliphatic carbocycles. The lowest BCUT2D eigenvalue weighted by molar-refractivity contribution is 0.0491. The molecule has 3 N–H and O–H groups in total. The number of aromatic nitrogens is 1. The van der Waals surface area contributed by atoms with Crippen molar-refractivity contribution in [1.29, 1.82) is 0 Å². The molecule has 1 atom stereocenters. The Bertz CT molecular complexity index is 593. The summed E-state index contributed by atoms with van der Waals surface area (Å²) in [6.45, 7) is 13.0. The molecular formula is C18H33N5O2S. The molecule has 1 amide bonds. The van der Waals surface area contributed by atoms with Gasteiger partial charge in [-0.25, -0.2) is 9.78 Å². The molecule has 1 unspecified atom stereocenters. The first-order chi connectivity index (χ1) is 12.1. The fourth-order valence-electron chi connectivity index (χ4n) is 2.09. The molecule has 0 aliphatic rings. The first-order valence-corrected chi connectivity index (χ1v) is 9.83. The van der Waals surface area contributed by atoms with Crippen LogP contribution in [0.15, 0.2) is 11.2 Å². The van der Waals surface area contributed by atoms with E-state index in [0.29, 0.717) is 19.0 Å². The van der Waals surface area contributed by atoms with Crippen molar-refractivity contribution < 1.29 is 9.53 Å². The third-order valence-corrected chi connectivity index (χ3v) is 4.72. The second-order valence-electron chi connectivity index (χ2n) is 7.38. The zero-order valence-corrected chi connectivity index (χ0v) is 17.8. The molecule has 148 valence electrons. The highest BCUT2D eigenvalue weighted by Gasteiger charge is 2.21. The number of hydrogen-bond acceptors (Lipinski definition) is 5. The number of amides is 1. The maximum Gasteiger partial charge on any atom is 0.407 e. The Kier molecular flexibility index (Phi) is 8.84. The van der Waals surface area contributed by atoms with Gasteiger partial charge in [-0.2, -0.15) is 0 Å². The summed E-state index contributed by atoms with van der Waals surface area (Å²) in [5.41, 5.74) is -0.512. The molecule has 8 heteroatoms. The Balaban J connectivity index is 2.50. The van der Waals surface area contributed by atoms with E-state index in [4.69, 9.17) is 4.74 Å². The van der Waals surface area contributed by atoms with Gasteiger partial charge in [0.2, 0.25) is 0 Å². The van der Waals surface area contributed by atoms with E-state index in [1.54, 1.807) is 18.4 Å². The van der Waals surface area contributed by atoms with Crippen molar-refractivity contribution >= 4 is 23.4 Å². The summed E-state index contributed by atoms with van der Waals surface area (Å²) in [6.07, 6.45) is 2.50. The molecule has 0 bridgehead atoms. The van der Waals surface area contributed by atoms with E-state index < -0.39 is 11.7 Å². The van der Waals surface area contributed by atoms with Crippen LogP contribution in [0.3, 0.4) is 0 Å². The quantitative estimate of drug-likeness (QED) is 0.498. The van der Waals surface area contributed by atoms with Crippen LogP contribution in [0.2, 0.25) is 0 Å². The maximum atomic E-state index is 12.0. The topological polar surface area (TPSA) is 87.6 Å². The Morgan fingerprint density at radius 3 is 2.54 bits per heavy atom. The minimum Gasteiger partial charge on any atom is -0.444 e. The summed E-state index contributed by atoms with van der Waals surface area (Å²) in [5, 5.41) is 10.5. The lowest BCUT2D eigenvalue weighted by Gasteiger charge is -2.26. The van der Waals surface area contributed by atoms with Gasteiger partial charge in [0.25, 0.3) is 0 Å². The number of alkyl carbamates (subject to hydrolysis) is 1. The van der Waals surface area contributed by atoms with Crippen LogP contribution in [0.1, 0.15) is 51.4 Å². The fourth-order valence-corrected chi connectivity index (χ4v) is 2.89. The van der Waals surface area contributed by atoms with Gasteiger partial charge in [-0.3, -0.25) is 4.99 Å². The van der Waals surface area contributed by atoms with E-state index in [-0.39, 0.29) is 12.0 Å². The second-order valence-corrected chi connectivity index (χ2v) is 8.58. The minimum atomic E-state index is -0.512. The Morgan fingerprint density at radius 2 is 2.04 bits per heavy atom. The van der Waals surface area contributed by atoms with Gasteiger partial charge in [0.05, 0.1) is 12.6 Å². The van der Waals surface area contributed by atoms with Crippen molar-refractivity contribution in [2.75, 3.05) is 13.6 Å². The molecule has 0 saturated heterocycles. The van der Waals surface area contributed by atoms with Crippen LogP contribution in [-0.2, 0) is 17.7 Å². The molecule has 0 fully saturated rings. The number of nitrogens with one attached hydrogen (secondary N) is 3. The molecule has 26 heavy (non-hydrogen) atoms. The third kappa shape index (κ3) is 8.51. The highest BCUT2D eigenvalue weighted by molar-refractivity contribution is 7.11. The van der Waals surface area contributed by atoms with Gasteiger partial charge in [-0.1, -0.05) is 20.8 Å². The van der Waals surface area contributed by atoms with Crippen LogP contribution in [0, 0.1) is 5.92 Å². The number of guanidine groups is 1. The first kappa shape index (κ1) is 22.2. The predicted molar refractivity (Wildman–Crippen MR) is 108 cm³/mol. The summed E-state index contributed by atoms with van der Waals surface area (Å²) in [4.78, 5) is 21.9. The van der Waals surface area contributed by atoms with Crippen molar-refractivity contribution in [3.8, 4) is 0 Å². The number of carbonyl (C=O) groups is 1. The lowest BCUT2D eigenvalue weighted by atomic mass is 10.0. The van der Waals surface area contributed by atoms with Crippen molar-refractivity contribution in [3.63, 3.8) is 0 Å². The van der Waals surface area contributed by atoms with E-state index in [2.05, 4.69) is 46.7 Å². The van der Waals surface area contributed by atoms with Gasteiger partial charge in [0, 0.05) is 24.7 Å². The molecule has 1 rings (SSSR count). The fraction of sp³-hybridized carbons (Fsp3) is 0.722. The Morgan fingerprint density at radius 1 is 1.35 bits per heavy atom. The smallest absolute Gasteiger partial charge is 0.407 e. The molecule has 1 aromatic rings. The lowest BCUT2D eigenvalue weighted by Crippen LogP contribution is -2.50. The Hall–Kier alpha value is -1.83. The van der Waals surface area contributed by atoms with Crippen LogP contribution < -0.4 is 16.0 Å². The minimum absolute atomic E-state index is 0.0741. The van der Waals surface area contributed by atoms with Gasteiger partial charge in [0.1, 0.15) is 10.6 Å². The largest absolute Gasteiger partial charge is 0.444 e. The predicted octanol–water partition coefficient (Wildman–Crippen LogP) is 2.92. The van der Waals surface area contributed by atoms with Gasteiger partial charge in [-0.15, -0.1) is 11.3 Å². The monoisotopic (exact) mass is 383 g/mol. The van der Waals surface area contributed by atoms with Crippen LogP contribution in [-0.4, -0.2) is 42.3 Å². The zero-order valence-electron chi connectivity index (χ0n) is 17.0. The molecule has 0 radical (unpaired) electrons. The molecule has 0 spiro atoms. The normalized spacial score (nSPS) is 13.5. The molecule has 1 heterocycles. The number of thiazole rings is 1. The number of nitrogens with zero attached hydrogens (tertiary/aromatic N) is 2. The molecular weight excluding hydrogens is 350 g/mol. The van der Waals surface area contributed by atoms with Crippen molar-refractivity contribution in [3.05, 3.63) is 16.1 Å². The second kappa shape index (κ2) is 10.4. The van der Waals surface area contributed by atoms with Crippen LogP contribution in [0.25, 0.3) is 0 Å². The average molecular weight is 384 g/mol. The summed E-state index contributed by atoms with van der Waals surface area (Å²) < 4.78 is 5.34. The highest BCUT2D eigenvalue weighted by Crippen LogP contribution is 2.12. The van der Waals surface area contributed by atoms with Crippen molar-refractivity contribution in [2.45, 2.75) is 66.2 Å². The number of aliphatic imine (C=N–C) groups is 1. The molecule has 7 nitrogen and oxygen atoms in total. The van der Waals surface area contributed by atoms with E-state index in [1.807, 2.05) is 27.0 Å². The van der Waals surface area contributed by atoms with Gasteiger partial charge in [0.15, 0.2) is 5.96 Å². The highest BCUT2D eigenvalue weighted by atomic mass is 32.1. The zero-order chi connectivity index (χ0) is 19.7.